The van der Waals surface area contributed by atoms with E-state index in [0.717, 1.165) is 0 Å². The van der Waals surface area contributed by atoms with Crippen LogP contribution < -0.4 is 5.32 Å². The molecule has 0 radical (unpaired) electrons. The Morgan fingerprint density at radius 1 is 0.923 bits per heavy atom. The second-order valence-corrected chi connectivity index (χ2v) is 9.19. The van der Waals surface area contributed by atoms with Gasteiger partial charge < -0.3 is 10.4 Å². The maximum Gasteiger partial charge on any atom is 0.408 e. The van der Waals surface area contributed by atoms with Crippen molar-refractivity contribution < 1.29 is 18.3 Å². The predicted molar refractivity (Wildman–Crippen MR) is 98.7 cm³/mol. The number of hydrogen-bond acceptors (Lipinski definition) is 3. The summed E-state index contributed by atoms with van der Waals surface area (Å²) < 4.78 is 42.1. The molecule has 0 saturated carbocycles. The number of nitrogens with zero attached hydrogens (tertiary/aromatic N) is 1. The number of aromatic hydroxyl groups is 1. The summed E-state index contributed by atoms with van der Waals surface area (Å²) in [6, 6.07) is 1.43. The molecule has 1 aliphatic heterocycles. The van der Waals surface area contributed by atoms with Crippen LogP contribution in [0, 0.1) is 0 Å². The number of halogens is 3. The summed E-state index contributed by atoms with van der Waals surface area (Å²) in [5.74, 6) is 0.106. The van der Waals surface area contributed by atoms with Crippen LogP contribution in [0.4, 0.5) is 13.2 Å². The fraction of sp³-hybridized carbons (Fsp3) is 0.700. The van der Waals surface area contributed by atoms with Crippen LogP contribution >= 0.6 is 0 Å². The molecule has 0 bridgehead atoms. The number of hydrogen-bond donors (Lipinski definition) is 2. The molecule has 1 saturated heterocycles. The average molecular weight is 372 g/mol. The fourth-order valence-electron chi connectivity index (χ4n) is 3.51. The van der Waals surface area contributed by atoms with Crippen molar-refractivity contribution in [2.75, 3.05) is 26.2 Å². The lowest BCUT2D eigenvalue weighted by Gasteiger charge is -2.37. The van der Waals surface area contributed by atoms with Gasteiger partial charge in [0.15, 0.2) is 0 Å². The van der Waals surface area contributed by atoms with Gasteiger partial charge in [0.05, 0.1) is 0 Å². The Kier molecular flexibility index (Phi) is 5.70. The number of piperazine rings is 1. The highest BCUT2D eigenvalue weighted by Gasteiger charge is 2.46. The molecule has 1 fully saturated rings. The molecular weight excluding hydrogens is 341 g/mol. The first-order chi connectivity index (χ1) is 11.7. The highest BCUT2D eigenvalue weighted by atomic mass is 19.4. The molecule has 0 spiro atoms. The van der Waals surface area contributed by atoms with E-state index in [4.69, 9.17) is 0 Å². The summed E-state index contributed by atoms with van der Waals surface area (Å²) in [5.41, 5.74) is 0.417. The zero-order chi connectivity index (χ0) is 19.9. The van der Waals surface area contributed by atoms with Crippen LogP contribution in [0.15, 0.2) is 12.1 Å². The summed E-state index contributed by atoms with van der Waals surface area (Å²) in [6.45, 7) is 13.2. The summed E-state index contributed by atoms with van der Waals surface area (Å²) in [4.78, 5) is 1.49. The Morgan fingerprint density at radius 2 is 1.35 bits per heavy atom. The molecule has 148 valence electrons. The Balaban J connectivity index is 2.68. The quantitative estimate of drug-likeness (QED) is 0.803. The normalized spacial score (nSPS) is 18.8. The van der Waals surface area contributed by atoms with Crippen LogP contribution in [-0.2, 0) is 10.8 Å². The van der Waals surface area contributed by atoms with Gasteiger partial charge in [-0.2, -0.15) is 13.2 Å². The van der Waals surface area contributed by atoms with Gasteiger partial charge in [-0.1, -0.05) is 41.5 Å². The average Bonchev–Trinajstić information content (AvgIpc) is 2.46. The van der Waals surface area contributed by atoms with Crippen molar-refractivity contribution >= 4 is 0 Å². The summed E-state index contributed by atoms with van der Waals surface area (Å²) >= 11 is 0. The molecule has 2 rings (SSSR count). The number of phenols is 1. The third-order valence-corrected chi connectivity index (χ3v) is 4.89. The molecule has 6 heteroatoms. The second kappa shape index (κ2) is 7.04. The molecule has 0 amide bonds. The van der Waals surface area contributed by atoms with Gasteiger partial charge in [0.2, 0.25) is 0 Å². The number of alkyl halides is 3. The van der Waals surface area contributed by atoms with Crippen molar-refractivity contribution in [3.8, 4) is 5.75 Å². The highest BCUT2D eigenvalue weighted by Crippen LogP contribution is 2.45. The third kappa shape index (κ3) is 4.52. The smallest absolute Gasteiger partial charge is 0.408 e. The summed E-state index contributed by atoms with van der Waals surface area (Å²) in [5, 5.41) is 13.9. The molecule has 1 heterocycles. The van der Waals surface area contributed by atoms with Crippen LogP contribution in [0.3, 0.4) is 0 Å². The first-order valence-corrected chi connectivity index (χ1v) is 9.12. The standard InChI is InChI=1S/C20H31F3N2O/c1-18(2,3)14-11-13(12-15(16(14)26)19(4,5)6)17(20(21,22)23)25-9-7-24-8-10-25/h11-12,17,24,26H,7-10H2,1-6H3/t17-/m0/s1. The number of benzene rings is 1. The maximum absolute atomic E-state index is 14.0. The zero-order valence-electron chi connectivity index (χ0n) is 16.6. The van der Waals surface area contributed by atoms with Gasteiger partial charge in [-0.05, 0) is 39.7 Å². The Labute approximate surface area is 154 Å². The molecule has 0 aromatic heterocycles. The third-order valence-electron chi connectivity index (χ3n) is 4.89. The van der Waals surface area contributed by atoms with Crippen molar-refractivity contribution in [1.82, 2.24) is 10.2 Å². The molecule has 1 aromatic rings. The van der Waals surface area contributed by atoms with Crippen LogP contribution in [0.2, 0.25) is 0 Å². The van der Waals surface area contributed by atoms with Gasteiger partial charge in [-0.25, -0.2) is 0 Å². The second-order valence-electron chi connectivity index (χ2n) is 9.19. The van der Waals surface area contributed by atoms with Crippen molar-refractivity contribution in [3.63, 3.8) is 0 Å². The topological polar surface area (TPSA) is 35.5 Å². The van der Waals surface area contributed by atoms with E-state index in [-0.39, 0.29) is 11.3 Å². The highest BCUT2D eigenvalue weighted by molar-refractivity contribution is 5.50. The molecule has 0 aliphatic carbocycles. The van der Waals surface area contributed by atoms with Crippen LogP contribution in [0.5, 0.6) is 5.75 Å². The molecular formula is C20H31F3N2O. The fourth-order valence-corrected chi connectivity index (χ4v) is 3.51. The molecule has 0 unspecified atom stereocenters. The summed E-state index contributed by atoms with van der Waals surface area (Å²) in [6.07, 6.45) is -4.38. The molecule has 3 nitrogen and oxygen atoms in total. The van der Waals surface area contributed by atoms with Gasteiger partial charge in [0.1, 0.15) is 11.8 Å². The minimum absolute atomic E-state index is 0.106. The van der Waals surface area contributed by atoms with E-state index in [1.165, 1.54) is 4.90 Å². The first kappa shape index (κ1) is 21.0. The minimum Gasteiger partial charge on any atom is -0.507 e. The zero-order valence-corrected chi connectivity index (χ0v) is 16.6. The van der Waals surface area contributed by atoms with Gasteiger partial charge in [-0.3, -0.25) is 4.90 Å². The van der Waals surface area contributed by atoms with Crippen LogP contribution in [0.25, 0.3) is 0 Å². The van der Waals surface area contributed by atoms with E-state index >= 15 is 0 Å². The minimum atomic E-state index is -4.38. The van der Waals surface area contributed by atoms with E-state index < -0.39 is 23.0 Å². The largest absolute Gasteiger partial charge is 0.507 e. The van der Waals surface area contributed by atoms with E-state index in [0.29, 0.717) is 37.3 Å². The molecule has 1 atom stereocenters. The maximum atomic E-state index is 14.0. The lowest BCUT2D eigenvalue weighted by molar-refractivity contribution is -0.187. The number of phenolic OH excluding ortho intramolecular Hbond substituents is 1. The van der Waals surface area contributed by atoms with Gasteiger partial charge in [0.25, 0.3) is 0 Å². The molecule has 2 N–H and O–H groups in total. The summed E-state index contributed by atoms with van der Waals surface area (Å²) in [7, 11) is 0. The Bertz CT molecular complexity index is 601. The number of rotatable bonds is 2. The number of nitrogens with one attached hydrogen (secondary N) is 1. The molecule has 1 aromatic carbocycles. The van der Waals surface area contributed by atoms with Gasteiger partial charge in [-0.15, -0.1) is 0 Å². The van der Waals surface area contributed by atoms with Crippen LogP contribution in [-0.4, -0.2) is 42.4 Å². The van der Waals surface area contributed by atoms with E-state index in [2.05, 4.69) is 5.32 Å². The van der Waals surface area contributed by atoms with Gasteiger partial charge >= 0.3 is 6.18 Å². The van der Waals surface area contributed by atoms with Crippen molar-refractivity contribution in [1.29, 1.82) is 0 Å². The lowest BCUT2D eigenvalue weighted by atomic mass is 9.77. The van der Waals surface area contributed by atoms with Crippen molar-refractivity contribution in [3.05, 3.63) is 28.8 Å². The predicted octanol–water partition coefficient (Wildman–Crippen LogP) is 4.50. The SMILES string of the molecule is CC(C)(C)c1cc([C@H](N2CCNCC2)C(F)(F)F)cc(C(C)(C)C)c1O. The van der Waals surface area contributed by atoms with Crippen LogP contribution in [0.1, 0.15) is 64.3 Å². The van der Waals surface area contributed by atoms with E-state index in [1.54, 1.807) is 12.1 Å². The molecule has 1 aliphatic rings. The monoisotopic (exact) mass is 372 g/mol. The van der Waals surface area contributed by atoms with Gasteiger partial charge in [0, 0.05) is 26.2 Å². The first-order valence-electron chi connectivity index (χ1n) is 9.12. The van der Waals surface area contributed by atoms with E-state index in [1.807, 2.05) is 41.5 Å². The molecule has 26 heavy (non-hydrogen) atoms. The van der Waals surface area contributed by atoms with Crippen molar-refractivity contribution in [2.24, 2.45) is 0 Å². The van der Waals surface area contributed by atoms with E-state index in [9.17, 15) is 18.3 Å². The lowest BCUT2D eigenvalue weighted by Crippen LogP contribution is -2.49. The Morgan fingerprint density at radius 3 is 1.69 bits per heavy atom. The Hall–Kier alpha value is -1.27. The van der Waals surface area contributed by atoms with Crippen molar-refractivity contribution in [2.45, 2.75) is 64.6 Å².